The molecule has 1 aliphatic heterocycles. The summed E-state index contributed by atoms with van der Waals surface area (Å²) in [4.78, 5) is 16.8. The van der Waals surface area contributed by atoms with Crippen molar-refractivity contribution in [3.8, 4) is 0 Å². The van der Waals surface area contributed by atoms with Gasteiger partial charge in [0, 0.05) is 31.2 Å². The van der Waals surface area contributed by atoms with Crippen LogP contribution in [0.5, 0.6) is 0 Å². The summed E-state index contributed by atoms with van der Waals surface area (Å²) in [6.07, 6.45) is 1.17. The predicted octanol–water partition coefficient (Wildman–Crippen LogP) is 4.79. The minimum absolute atomic E-state index is 0.0395. The van der Waals surface area contributed by atoms with Crippen molar-refractivity contribution >= 4 is 27.3 Å². The summed E-state index contributed by atoms with van der Waals surface area (Å²) >= 11 is 1.69. The van der Waals surface area contributed by atoms with E-state index in [1.807, 2.05) is 43.5 Å². The van der Waals surface area contributed by atoms with Crippen LogP contribution in [0.25, 0.3) is 0 Å². The Morgan fingerprint density at radius 2 is 1.89 bits per heavy atom. The lowest BCUT2D eigenvalue weighted by molar-refractivity contribution is -0.133. The second-order valence-corrected chi connectivity index (χ2v) is 11.7. The molecule has 36 heavy (non-hydrogen) atoms. The van der Waals surface area contributed by atoms with Gasteiger partial charge < -0.3 is 9.64 Å². The molecular weight excluding hydrogens is 499 g/mol. The van der Waals surface area contributed by atoms with Gasteiger partial charge in [0.25, 0.3) is 0 Å². The Balaban J connectivity index is 1.64. The summed E-state index contributed by atoms with van der Waals surface area (Å²) in [5.41, 5.74) is 3.21. The molecule has 0 N–H and O–H groups in total. The minimum Gasteiger partial charge on any atom is -0.382 e. The van der Waals surface area contributed by atoms with Crippen molar-refractivity contribution in [3.05, 3.63) is 87.4 Å². The summed E-state index contributed by atoms with van der Waals surface area (Å²) in [5.74, 6) is -0.781. The molecule has 1 atom stereocenters. The van der Waals surface area contributed by atoms with E-state index in [9.17, 15) is 17.6 Å². The second kappa shape index (κ2) is 11.6. The highest BCUT2D eigenvalue weighted by molar-refractivity contribution is 7.89. The first-order valence-corrected chi connectivity index (χ1v) is 14.4. The van der Waals surface area contributed by atoms with E-state index in [2.05, 4.69) is 6.07 Å². The first kappa shape index (κ1) is 26.5. The van der Waals surface area contributed by atoms with Crippen LogP contribution in [0.2, 0.25) is 0 Å². The number of thiophene rings is 1. The number of halogens is 1. The fraction of sp³-hybridized carbons (Fsp3) is 0.370. The maximum Gasteiger partial charge on any atom is 0.243 e. The summed E-state index contributed by atoms with van der Waals surface area (Å²) in [6, 6.07) is 14.5. The topological polar surface area (TPSA) is 66.9 Å². The first-order chi connectivity index (χ1) is 17.3. The van der Waals surface area contributed by atoms with Crippen LogP contribution in [0.4, 0.5) is 4.39 Å². The third kappa shape index (κ3) is 5.70. The fourth-order valence-electron chi connectivity index (χ4n) is 4.58. The summed E-state index contributed by atoms with van der Waals surface area (Å²) in [5, 5.41) is 2.04. The number of amides is 1. The number of hydrogen-bond donors (Lipinski definition) is 0. The minimum atomic E-state index is -4.01. The molecule has 1 unspecified atom stereocenters. The molecule has 2 heterocycles. The molecule has 1 aliphatic rings. The van der Waals surface area contributed by atoms with Gasteiger partial charge in [-0.15, -0.1) is 11.3 Å². The molecule has 0 saturated heterocycles. The molecule has 2 aromatic carbocycles. The Labute approximate surface area is 216 Å². The third-order valence-electron chi connectivity index (χ3n) is 6.43. The summed E-state index contributed by atoms with van der Waals surface area (Å²) in [7, 11) is -4.01. The van der Waals surface area contributed by atoms with E-state index in [1.165, 1.54) is 21.3 Å². The highest BCUT2D eigenvalue weighted by Crippen LogP contribution is 2.39. The molecule has 4 rings (SSSR count). The average Bonchev–Trinajstić information content (AvgIpc) is 3.35. The average molecular weight is 531 g/mol. The van der Waals surface area contributed by atoms with Gasteiger partial charge in [-0.3, -0.25) is 4.79 Å². The van der Waals surface area contributed by atoms with Crippen molar-refractivity contribution in [2.75, 3.05) is 32.8 Å². The van der Waals surface area contributed by atoms with Crippen molar-refractivity contribution in [1.82, 2.24) is 9.21 Å². The van der Waals surface area contributed by atoms with Crippen molar-refractivity contribution in [2.24, 2.45) is 0 Å². The molecule has 0 saturated carbocycles. The van der Waals surface area contributed by atoms with E-state index in [4.69, 9.17) is 4.74 Å². The van der Waals surface area contributed by atoms with Crippen LogP contribution < -0.4 is 0 Å². The Kier molecular flexibility index (Phi) is 8.56. The van der Waals surface area contributed by atoms with Gasteiger partial charge in [0.1, 0.15) is 5.82 Å². The number of sulfonamides is 1. The molecule has 1 aromatic heterocycles. The number of aryl methyl sites for hydroxylation is 1. The van der Waals surface area contributed by atoms with Gasteiger partial charge in [-0.2, -0.15) is 4.31 Å². The van der Waals surface area contributed by atoms with Crippen molar-refractivity contribution in [2.45, 2.75) is 37.6 Å². The Morgan fingerprint density at radius 1 is 1.14 bits per heavy atom. The van der Waals surface area contributed by atoms with Crippen LogP contribution in [-0.2, 0) is 26.0 Å². The standard InChI is InChI=1S/C27H31FN2O4S2/c1-3-34-17-6-15-29(36(32,33)22-11-9-21(28)10-12-22)19-26(31)30-16-13-25-24(14-18-35-25)27(30)23-8-5-4-7-20(23)2/h4-5,7-12,14,18,27H,3,6,13,15-17,19H2,1-2H3. The van der Waals surface area contributed by atoms with E-state index in [1.54, 1.807) is 16.2 Å². The van der Waals surface area contributed by atoms with E-state index in [0.29, 0.717) is 26.2 Å². The van der Waals surface area contributed by atoms with Gasteiger partial charge in [0.05, 0.1) is 17.5 Å². The molecule has 0 radical (unpaired) electrons. The molecule has 0 aliphatic carbocycles. The molecule has 0 fully saturated rings. The number of benzene rings is 2. The molecule has 6 nitrogen and oxygen atoms in total. The molecular formula is C27H31FN2O4S2. The van der Waals surface area contributed by atoms with Crippen molar-refractivity contribution < 1.29 is 22.3 Å². The number of fused-ring (bicyclic) bond motifs is 1. The molecule has 1 amide bonds. The van der Waals surface area contributed by atoms with Gasteiger partial charge >= 0.3 is 0 Å². The van der Waals surface area contributed by atoms with E-state index in [-0.39, 0.29) is 29.9 Å². The quantitative estimate of drug-likeness (QED) is 0.354. The highest BCUT2D eigenvalue weighted by Gasteiger charge is 2.36. The van der Waals surface area contributed by atoms with E-state index in [0.717, 1.165) is 35.2 Å². The second-order valence-electron chi connectivity index (χ2n) is 8.74. The predicted molar refractivity (Wildman–Crippen MR) is 139 cm³/mol. The lowest BCUT2D eigenvalue weighted by Gasteiger charge is -2.38. The van der Waals surface area contributed by atoms with Crippen LogP contribution in [0.1, 0.15) is 41.0 Å². The van der Waals surface area contributed by atoms with E-state index >= 15 is 0 Å². The molecule has 0 spiro atoms. The number of carbonyl (C=O) groups excluding carboxylic acids is 1. The number of hydrogen-bond acceptors (Lipinski definition) is 5. The molecule has 3 aromatic rings. The zero-order valence-corrected chi connectivity index (χ0v) is 22.2. The van der Waals surface area contributed by atoms with Crippen LogP contribution in [0.3, 0.4) is 0 Å². The molecule has 192 valence electrons. The summed E-state index contributed by atoms with van der Waals surface area (Å²) < 4.78 is 47.0. The van der Waals surface area contributed by atoms with Crippen LogP contribution in [0, 0.1) is 12.7 Å². The molecule has 0 bridgehead atoms. The number of nitrogens with zero attached hydrogens (tertiary/aromatic N) is 2. The maximum atomic E-state index is 13.8. The lowest BCUT2D eigenvalue weighted by atomic mass is 9.90. The number of carbonyl (C=O) groups is 1. The SMILES string of the molecule is CCOCCCN(CC(=O)N1CCc2sccc2C1c1ccccc1C)S(=O)(=O)c1ccc(F)cc1. The normalized spacial score (nSPS) is 15.8. The molecule has 9 heteroatoms. The highest BCUT2D eigenvalue weighted by atomic mass is 32.2. The van der Waals surface area contributed by atoms with Gasteiger partial charge in [-0.05, 0) is 79.1 Å². The Morgan fingerprint density at radius 3 is 2.61 bits per heavy atom. The van der Waals surface area contributed by atoms with Gasteiger partial charge in [-0.1, -0.05) is 24.3 Å². The number of ether oxygens (including phenoxy) is 1. The van der Waals surface area contributed by atoms with Crippen LogP contribution in [-0.4, -0.2) is 56.4 Å². The Bertz CT molecular complexity index is 1290. The third-order valence-corrected chi connectivity index (χ3v) is 9.29. The first-order valence-electron chi connectivity index (χ1n) is 12.1. The van der Waals surface area contributed by atoms with Crippen molar-refractivity contribution in [1.29, 1.82) is 0 Å². The fourth-order valence-corrected chi connectivity index (χ4v) is 6.91. The zero-order chi connectivity index (χ0) is 25.7. The van der Waals surface area contributed by atoms with Crippen LogP contribution in [0.15, 0.2) is 64.9 Å². The largest absolute Gasteiger partial charge is 0.382 e. The van der Waals surface area contributed by atoms with Gasteiger partial charge in [0.15, 0.2) is 0 Å². The maximum absolute atomic E-state index is 13.8. The van der Waals surface area contributed by atoms with Crippen LogP contribution >= 0.6 is 11.3 Å². The van der Waals surface area contributed by atoms with E-state index < -0.39 is 15.8 Å². The van der Waals surface area contributed by atoms with Gasteiger partial charge in [-0.25, -0.2) is 12.8 Å². The summed E-state index contributed by atoms with van der Waals surface area (Å²) in [6.45, 7) is 5.14. The number of rotatable bonds is 10. The van der Waals surface area contributed by atoms with Gasteiger partial charge in [0.2, 0.25) is 15.9 Å². The Hall–Kier alpha value is -2.59. The monoisotopic (exact) mass is 530 g/mol. The smallest absolute Gasteiger partial charge is 0.243 e. The van der Waals surface area contributed by atoms with Crippen molar-refractivity contribution in [3.63, 3.8) is 0 Å². The lowest BCUT2D eigenvalue weighted by Crippen LogP contribution is -2.47. The zero-order valence-electron chi connectivity index (χ0n) is 20.5.